The monoisotopic (exact) mass is 312 g/mol. The highest BCUT2D eigenvalue weighted by Crippen LogP contribution is 2.17. The summed E-state index contributed by atoms with van der Waals surface area (Å²) in [7, 11) is -4.78. The molecule has 5 nitrogen and oxygen atoms in total. The summed E-state index contributed by atoms with van der Waals surface area (Å²) in [5.74, 6) is -3.26. The molecule has 0 aliphatic heterocycles. The fraction of sp³-hybridized carbons (Fsp3) is 0.455. The average molecular weight is 312 g/mol. The second-order valence-electron chi connectivity index (χ2n) is 4.07. The van der Waals surface area contributed by atoms with Crippen LogP contribution in [0.15, 0.2) is 18.3 Å². The van der Waals surface area contributed by atoms with Gasteiger partial charge in [-0.05, 0) is 18.1 Å². The molecular weight excluding hydrogens is 297 g/mol. The lowest BCUT2D eigenvalue weighted by atomic mass is 10.1. The van der Waals surface area contributed by atoms with Crippen LogP contribution < -0.4 is 4.72 Å². The van der Waals surface area contributed by atoms with E-state index in [0.29, 0.717) is 18.4 Å². The largest absolute Gasteiger partial charge is 0.404 e. The molecule has 0 bridgehead atoms. The number of carbonyl (C=O) groups is 1. The molecule has 0 saturated heterocycles. The van der Waals surface area contributed by atoms with Gasteiger partial charge < -0.3 is 0 Å². The second-order valence-corrected chi connectivity index (χ2v) is 5.79. The van der Waals surface area contributed by atoms with Crippen LogP contribution in [0.4, 0.5) is 13.2 Å². The van der Waals surface area contributed by atoms with Crippen molar-refractivity contribution in [1.29, 1.82) is 0 Å². The summed E-state index contributed by atoms with van der Waals surface area (Å²) in [5.41, 5.74) is 0.301. The van der Waals surface area contributed by atoms with Crippen molar-refractivity contribution in [3.63, 3.8) is 0 Å². The van der Waals surface area contributed by atoms with Crippen molar-refractivity contribution in [3.8, 4) is 0 Å². The van der Waals surface area contributed by atoms with Gasteiger partial charge in [-0.2, -0.15) is 13.2 Å². The highest BCUT2D eigenvalue weighted by atomic mass is 32.2. The number of hydrogen-bond acceptors (Lipinski definition) is 4. The molecule has 1 amide bonds. The zero-order valence-corrected chi connectivity index (χ0v) is 11.4. The molecule has 0 radical (unpaired) electrons. The number of nitrogens with zero attached hydrogens (tertiary/aromatic N) is 1. The van der Waals surface area contributed by atoms with Crippen molar-refractivity contribution < 1.29 is 27.8 Å². The summed E-state index contributed by atoms with van der Waals surface area (Å²) in [4.78, 5) is 15.4. The Labute approximate surface area is 115 Å². The van der Waals surface area contributed by atoms with Gasteiger partial charge in [0.2, 0.25) is 10.0 Å². The molecule has 1 aromatic heterocycles. The van der Waals surface area contributed by atoms with Crippen molar-refractivity contribution in [1.82, 2.24) is 9.71 Å². The van der Waals surface area contributed by atoms with Gasteiger partial charge in [-0.15, -0.1) is 0 Å². The van der Waals surface area contributed by atoms with Gasteiger partial charge in [-0.1, -0.05) is 19.4 Å². The fourth-order valence-corrected chi connectivity index (χ4v) is 2.44. The number of amides is 1. The standard InChI is InChI=1S/C11H13F3N2O3S.H2/c1-2-4-8-5-3-6-15-9(8)10(17)16-20(18,19)7-11(12,13)14;/h3,5-6H,2,4,7H2,1H3,(H,16,17);1H. The van der Waals surface area contributed by atoms with Crippen LogP contribution in [0.5, 0.6) is 0 Å². The summed E-state index contributed by atoms with van der Waals surface area (Å²) in [6.45, 7) is 1.84. The predicted octanol–water partition coefficient (Wildman–Crippen LogP) is 1.90. The Morgan fingerprint density at radius 3 is 2.65 bits per heavy atom. The first-order valence-electron chi connectivity index (χ1n) is 5.70. The van der Waals surface area contributed by atoms with Gasteiger partial charge in [0.15, 0.2) is 5.75 Å². The number of aromatic nitrogens is 1. The third-order valence-corrected chi connectivity index (χ3v) is 3.43. The first kappa shape index (κ1) is 16.4. The van der Waals surface area contributed by atoms with Crippen LogP contribution in [0.1, 0.15) is 30.8 Å². The van der Waals surface area contributed by atoms with E-state index < -0.39 is 27.9 Å². The smallest absolute Gasteiger partial charge is 0.266 e. The minimum atomic E-state index is -4.91. The van der Waals surface area contributed by atoms with Crippen LogP contribution in [-0.4, -0.2) is 31.2 Å². The molecule has 20 heavy (non-hydrogen) atoms. The Morgan fingerprint density at radius 2 is 2.10 bits per heavy atom. The van der Waals surface area contributed by atoms with Crippen molar-refractivity contribution in [2.45, 2.75) is 25.9 Å². The molecule has 9 heteroatoms. The molecule has 0 spiro atoms. The number of alkyl halides is 3. The summed E-state index contributed by atoms with van der Waals surface area (Å²) in [5, 5.41) is 0. The van der Waals surface area contributed by atoms with Crippen molar-refractivity contribution >= 4 is 15.9 Å². The number of carbonyl (C=O) groups excluding carboxylic acids is 1. The molecular formula is C11H15F3N2O3S. The molecule has 0 unspecified atom stereocenters. The number of aryl methyl sites for hydroxylation is 1. The quantitative estimate of drug-likeness (QED) is 0.901. The highest BCUT2D eigenvalue weighted by Gasteiger charge is 2.36. The first-order chi connectivity index (χ1) is 9.14. The Hall–Kier alpha value is -1.64. The minimum absolute atomic E-state index is 0. The van der Waals surface area contributed by atoms with Gasteiger partial charge in [0.25, 0.3) is 5.91 Å². The number of pyridine rings is 1. The minimum Gasteiger partial charge on any atom is -0.266 e. The van der Waals surface area contributed by atoms with E-state index in [2.05, 4.69) is 4.98 Å². The van der Waals surface area contributed by atoms with E-state index in [9.17, 15) is 26.4 Å². The maximum atomic E-state index is 12.1. The molecule has 0 atom stereocenters. The zero-order chi connectivity index (χ0) is 15.4. The van der Waals surface area contributed by atoms with E-state index in [1.165, 1.54) is 10.9 Å². The van der Waals surface area contributed by atoms with Crippen molar-refractivity contribution in [2.24, 2.45) is 0 Å². The van der Waals surface area contributed by atoms with Crippen LogP contribution in [0.25, 0.3) is 0 Å². The summed E-state index contributed by atoms with van der Waals surface area (Å²) >= 11 is 0. The summed E-state index contributed by atoms with van der Waals surface area (Å²) in [6.07, 6.45) is -2.50. The first-order valence-corrected chi connectivity index (χ1v) is 7.35. The third-order valence-electron chi connectivity index (χ3n) is 2.23. The maximum absolute atomic E-state index is 12.1. The summed E-state index contributed by atoms with van der Waals surface area (Å²) in [6, 6.07) is 3.13. The predicted molar refractivity (Wildman–Crippen MR) is 67.7 cm³/mol. The molecule has 0 aromatic carbocycles. The lowest BCUT2D eigenvalue weighted by molar-refractivity contribution is -0.106. The fourth-order valence-electron chi connectivity index (χ4n) is 1.56. The van der Waals surface area contributed by atoms with Gasteiger partial charge in [-0.3, -0.25) is 9.78 Å². The molecule has 1 N–H and O–H groups in total. The van der Waals surface area contributed by atoms with E-state index in [0.717, 1.165) is 0 Å². The Bertz CT molecular complexity index is 591. The topological polar surface area (TPSA) is 76.1 Å². The lowest BCUT2D eigenvalue weighted by Gasteiger charge is -2.10. The molecule has 0 saturated carbocycles. The average Bonchev–Trinajstić information content (AvgIpc) is 2.25. The molecule has 114 valence electrons. The normalized spacial score (nSPS) is 12.2. The number of rotatable bonds is 5. The van der Waals surface area contributed by atoms with Crippen LogP contribution in [-0.2, 0) is 16.4 Å². The Balaban J connectivity index is 0.00000400. The second kappa shape index (κ2) is 6.21. The van der Waals surface area contributed by atoms with Gasteiger partial charge in [-0.25, -0.2) is 13.1 Å². The van der Waals surface area contributed by atoms with E-state index in [-0.39, 0.29) is 7.12 Å². The Kier molecular flexibility index (Phi) is 5.09. The van der Waals surface area contributed by atoms with Crippen LogP contribution in [0.2, 0.25) is 0 Å². The zero-order valence-electron chi connectivity index (χ0n) is 10.6. The van der Waals surface area contributed by atoms with E-state index in [4.69, 9.17) is 0 Å². The highest BCUT2D eigenvalue weighted by molar-refractivity contribution is 7.90. The number of nitrogens with one attached hydrogen (secondary N) is 1. The molecule has 0 aliphatic carbocycles. The lowest BCUT2D eigenvalue weighted by Crippen LogP contribution is -2.38. The van der Waals surface area contributed by atoms with E-state index in [1.807, 2.05) is 6.92 Å². The van der Waals surface area contributed by atoms with Gasteiger partial charge in [0.1, 0.15) is 5.69 Å². The molecule has 0 fully saturated rings. The maximum Gasteiger partial charge on any atom is 0.404 e. The third kappa shape index (κ3) is 5.16. The molecule has 1 heterocycles. The van der Waals surface area contributed by atoms with Crippen LogP contribution in [0.3, 0.4) is 0 Å². The number of halogens is 3. The molecule has 1 aromatic rings. The Morgan fingerprint density at radius 1 is 1.45 bits per heavy atom. The number of sulfonamides is 1. The SMILES string of the molecule is CCCc1cccnc1C(=O)NS(=O)(=O)CC(F)(F)F.[HH]. The van der Waals surface area contributed by atoms with E-state index >= 15 is 0 Å². The number of hydrogen-bond donors (Lipinski definition) is 1. The molecule has 1 rings (SSSR count). The van der Waals surface area contributed by atoms with Gasteiger partial charge >= 0.3 is 6.18 Å². The molecule has 0 aliphatic rings. The van der Waals surface area contributed by atoms with Crippen molar-refractivity contribution in [3.05, 3.63) is 29.6 Å². The summed E-state index contributed by atoms with van der Waals surface area (Å²) < 4.78 is 60.0. The van der Waals surface area contributed by atoms with Crippen molar-refractivity contribution in [2.75, 3.05) is 5.75 Å². The van der Waals surface area contributed by atoms with E-state index in [1.54, 1.807) is 12.1 Å². The van der Waals surface area contributed by atoms with Gasteiger partial charge in [0.05, 0.1) is 0 Å². The van der Waals surface area contributed by atoms with Crippen LogP contribution in [0, 0.1) is 0 Å². The van der Waals surface area contributed by atoms with Gasteiger partial charge in [0, 0.05) is 7.62 Å². The van der Waals surface area contributed by atoms with Crippen LogP contribution >= 0.6 is 0 Å².